The monoisotopic (exact) mass is 300 g/mol. The molecule has 3 nitrogen and oxygen atoms in total. The second-order valence-corrected chi connectivity index (χ2v) is 6.46. The van der Waals surface area contributed by atoms with Crippen molar-refractivity contribution in [3.8, 4) is 0 Å². The highest BCUT2D eigenvalue weighted by atomic mass is 35.5. The van der Waals surface area contributed by atoms with Gasteiger partial charge < -0.3 is 5.32 Å². The van der Waals surface area contributed by atoms with E-state index in [1.807, 2.05) is 5.38 Å². The smallest absolute Gasteiger partial charge is 0.227 e. The van der Waals surface area contributed by atoms with Gasteiger partial charge >= 0.3 is 0 Å². The zero-order chi connectivity index (χ0) is 13.7. The Hall–Kier alpha value is -0.610. The summed E-state index contributed by atoms with van der Waals surface area (Å²) in [7, 11) is 0. The Bertz CT molecular complexity index is 421. The zero-order valence-corrected chi connectivity index (χ0v) is 12.9. The molecule has 19 heavy (non-hydrogen) atoms. The minimum atomic E-state index is 0.0947. The van der Waals surface area contributed by atoms with Gasteiger partial charge in [-0.25, -0.2) is 4.98 Å². The number of nitrogens with one attached hydrogen (secondary N) is 1. The highest BCUT2D eigenvalue weighted by Gasteiger charge is 2.22. The van der Waals surface area contributed by atoms with Gasteiger partial charge in [-0.3, -0.25) is 4.79 Å². The number of carbonyl (C=O) groups is 1. The number of aromatic nitrogens is 1. The predicted octanol–water partition coefficient (Wildman–Crippen LogP) is 3.51. The highest BCUT2D eigenvalue weighted by Crippen LogP contribution is 2.26. The van der Waals surface area contributed by atoms with Crippen molar-refractivity contribution in [3.05, 3.63) is 16.1 Å². The van der Waals surface area contributed by atoms with Gasteiger partial charge in [0.15, 0.2) is 0 Å². The van der Waals surface area contributed by atoms with Crippen LogP contribution in [0.15, 0.2) is 5.38 Å². The normalized spacial score (nSPS) is 23.3. The molecule has 0 aromatic carbocycles. The number of alkyl halides is 1. The fraction of sp³-hybridized carbons (Fsp3) is 0.714. The summed E-state index contributed by atoms with van der Waals surface area (Å²) in [6, 6.07) is 0.360. The molecule has 0 spiro atoms. The van der Waals surface area contributed by atoms with Crippen molar-refractivity contribution < 1.29 is 4.79 Å². The lowest BCUT2D eigenvalue weighted by atomic mass is 9.84. The van der Waals surface area contributed by atoms with E-state index in [-0.39, 0.29) is 5.91 Å². The topological polar surface area (TPSA) is 42.0 Å². The molecule has 106 valence electrons. The van der Waals surface area contributed by atoms with Crippen LogP contribution in [-0.2, 0) is 17.1 Å². The molecule has 2 unspecified atom stereocenters. The number of thiazole rings is 1. The number of hydrogen-bond donors (Lipinski definition) is 1. The van der Waals surface area contributed by atoms with Gasteiger partial charge in [-0.05, 0) is 18.8 Å². The van der Waals surface area contributed by atoms with Gasteiger partial charge in [0.2, 0.25) is 5.91 Å². The van der Waals surface area contributed by atoms with Crippen molar-refractivity contribution in [1.29, 1.82) is 0 Å². The molecule has 1 aliphatic rings. The highest BCUT2D eigenvalue weighted by molar-refractivity contribution is 7.09. The first-order valence-electron chi connectivity index (χ1n) is 6.99. The molecule has 0 saturated heterocycles. The summed E-state index contributed by atoms with van der Waals surface area (Å²) >= 11 is 7.22. The van der Waals surface area contributed by atoms with E-state index in [1.165, 1.54) is 30.6 Å². The number of amides is 1. The number of rotatable bonds is 5. The van der Waals surface area contributed by atoms with E-state index in [2.05, 4.69) is 17.2 Å². The number of nitrogens with zero attached hydrogens (tertiary/aromatic N) is 1. The second kappa shape index (κ2) is 7.25. The van der Waals surface area contributed by atoms with Gasteiger partial charge in [-0.1, -0.05) is 26.2 Å². The summed E-state index contributed by atoms with van der Waals surface area (Å²) in [4.78, 5) is 16.3. The fourth-order valence-electron chi connectivity index (χ4n) is 2.70. The molecule has 1 saturated carbocycles. The Balaban J connectivity index is 1.80. The molecular formula is C14H21ClN2OS. The molecule has 1 aliphatic carbocycles. The summed E-state index contributed by atoms with van der Waals surface area (Å²) in [5.74, 6) is 1.29. The van der Waals surface area contributed by atoms with Gasteiger partial charge in [-0.2, -0.15) is 0 Å². The molecule has 2 rings (SSSR count). The zero-order valence-electron chi connectivity index (χ0n) is 11.3. The van der Waals surface area contributed by atoms with Crippen molar-refractivity contribution in [3.63, 3.8) is 0 Å². The predicted molar refractivity (Wildman–Crippen MR) is 79.6 cm³/mol. The van der Waals surface area contributed by atoms with E-state index in [9.17, 15) is 4.79 Å². The maximum Gasteiger partial charge on any atom is 0.227 e. The lowest BCUT2D eigenvalue weighted by molar-refractivity contribution is -0.121. The van der Waals surface area contributed by atoms with Crippen LogP contribution in [0, 0.1) is 5.92 Å². The van der Waals surface area contributed by atoms with Crippen molar-refractivity contribution in [2.75, 3.05) is 0 Å². The van der Waals surface area contributed by atoms with Crippen LogP contribution in [0.25, 0.3) is 0 Å². The third-order valence-corrected chi connectivity index (χ3v) is 4.94. The van der Waals surface area contributed by atoms with Crippen LogP contribution >= 0.6 is 22.9 Å². The maximum atomic E-state index is 12.0. The first-order chi connectivity index (χ1) is 9.21. The summed E-state index contributed by atoms with van der Waals surface area (Å²) in [5, 5.41) is 5.93. The molecule has 1 fully saturated rings. The Morgan fingerprint density at radius 1 is 1.58 bits per heavy atom. The third-order valence-electron chi connectivity index (χ3n) is 3.77. The van der Waals surface area contributed by atoms with E-state index in [4.69, 9.17) is 11.6 Å². The van der Waals surface area contributed by atoms with Gasteiger partial charge in [-0.15, -0.1) is 22.9 Å². The van der Waals surface area contributed by atoms with Crippen LogP contribution in [0.5, 0.6) is 0 Å². The quantitative estimate of drug-likeness (QED) is 0.846. The molecule has 1 aromatic rings. The second-order valence-electron chi connectivity index (χ2n) is 5.25. The molecule has 1 aromatic heterocycles. The van der Waals surface area contributed by atoms with Crippen LogP contribution < -0.4 is 5.32 Å². The molecule has 1 heterocycles. The third kappa shape index (κ3) is 4.46. The maximum absolute atomic E-state index is 12.0. The minimum absolute atomic E-state index is 0.0947. The van der Waals surface area contributed by atoms with Crippen LogP contribution in [-0.4, -0.2) is 16.9 Å². The molecule has 1 N–H and O–H groups in total. The van der Waals surface area contributed by atoms with Crippen LogP contribution in [0.4, 0.5) is 0 Å². The average Bonchev–Trinajstić information content (AvgIpc) is 2.86. The summed E-state index contributed by atoms with van der Waals surface area (Å²) < 4.78 is 0. The van der Waals surface area contributed by atoms with E-state index in [1.54, 1.807) is 0 Å². The molecule has 0 radical (unpaired) electrons. The van der Waals surface area contributed by atoms with Crippen molar-refractivity contribution in [2.45, 2.75) is 57.4 Å². The minimum Gasteiger partial charge on any atom is -0.353 e. The fourth-order valence-corrected chi connectivity index (χ4v) is 3.72. The van der Waals surface area contributed by atoms with Crippen LogP contribution in [0.2, 0.25) is 0 Å². The van der Waals surface area contributed by atoms with Gasteiger partial charge in [0.25, 0.3) is 0 Å². The molecule has 0 bridgehead atoms. The molecule has 2 atom stereocenters. The number of hydrogen-bond acceptors (Lipinski definition) is 3. The first-order valence-corrected chi connectivity index (χ1v) is 8.41. The van der Waals surface area contributed by atoms with Crippen molar-refractivity contribution >= 4 is 28.8 Å². The summed E-state index contributed by atoms with van der Waals surface area (Å²) in [6.07, 6.45) is 6.40. The Morgan fingerprint density at radius 2 is 2.42 bits per heavy atom. The molecular weight excluding hydrogens is 280 g/mol. The van der Waals surface area contributed by atoms with Gasteiger partial charge in [0.1, 0.15) is 5.01 Å². The number of halogens is 1. The van der Waals surface area contributed by atoms with Crippen molar-refractivity contribution in [1.82, 2.24) is 10.3 Å². The van der Waals surface area contributed by atoms with E-state index >= 15 is 0 Å². The van der Waals surface area contributed by atoms with E-state index in [0.29, 0.717) is 18.3 Å². The van der Waals surface area contributed by atoms with Crippen LogP contribution in [0.3, 0.4) is 0 Å². The lowest BCUT2D eigenvalue weighted by Crippen LogP contribution is -2.39. The molecule has 1 amide bonds. The van der Waals surface area contributed by atoms with E-state index < -0.39 is 0 Å². The summed E-state index contributed by atoms with van der Waals surface area (Å²) in [5.41, 5.74) is 0.859. The standard InChI is InChI=1S/C14H21ClN2OS/c1-2-10-4-3-5-11(6-10)16-13(18)7-14-17-12(8-15)9-19-14/h9-11H,2-8H2,1H3,(H,16,18). The van der Waals surface area contributed by atoms with Gasteiger partial charge in [0, 0.05) is 11.4 Å². The first kappa shape index (κ1) is 14.8. The average molecular weight is 301 g/mol. The Labute approximate surface area is 123 Å². The Kier molecular flexibility index (Phi) is 5.64. The largest absolute Gasteiger partial charge is 0.353 e. The van der Waals surface area contributed by atoms with Gasteiger partial charge in [0.05, 0.1) is 18.0 Å². The van der Waals surface area contributed by atoms with Crippen LogP contribution in [0.1, 0.15) is 49.7 Å². The Morgan fingerprint density at radius 3 is 3.11 bits per heavy atom. The van der Waals surface area contributed by atoms with Crippen molar-refractivity contribution in [2.24, 2.45) is 5.92 Å². The summed E-state index contributed by atoms with van der Waals surface area (Å²) in [6.45, 7) is 2.23. The SMILES string of the molecule is CCC1CCCC(NC(=O)Cc2nc(CCl)cs2)C1. The molecule has 0 aliphatic heterocycles. The lowest BCUT2D eigenvalue weighted by Gasteiger charge is -2.29. The molecule has 5 heteroatoms. The van der Waals surface area contributed by atoms with E-state index in [0.717, 1.165) is 29.5 Å². The number of carbonyl (C=O) groups excluding carboxylic acids is 1.